The van der Waals surface area contributed by atoms with Crippen LogP contribution in [0.3, 0.4) is 0 Å². The Kier molecular flexibility index (Phi) is 7.38. The van der Waals surface area contributed by atoms with Gasteiger partial charge in [-0.05, 0) is 86.7 Å². The Morgan fingerprint density at radius 3 is 2.42 bits per heavy atom. The van der Waals surface area contributed by atoms with Crippen molar-refractivity contribution in [2.75, 3.05) is 50.8 Å². The molecule has 3 heterocycles. The molecule has 1 aliphatic carbocycles. The molecule has 0 radical (unpaired) electrons. The molecular formula is C32H36FN5O2. The van der Waals surface area contributed by atoms with E-state index in [9.17, 15) is 14.4 Å². The predicted molar refractivity (Wildman–Crippen MR) is 149 cm³/mol. The molecule has 3 atom stereocenters. The number of likely N-dealkylation sites (tertiary alicyclic amines) is 1. The number of anilines is 1. The van der Waals surface area contributed by atoms with Crippen LogP contribution in [0.15, 0.2) is 48.5 Å². The van der Waals surface area contributed by atoms with Gasteiger partial charge >= 0.3 is 6.09 Å². The first kappa shape index (κ1) is 26.6. The van der Waals surface area contributed by atoms with Gasteiger partial charge in [0.2, 0.25) is 0 Å². The zero-order valence-corrected chi connectivity index (χ0v) is 22.8. The lowest BCUT2D eigenvalue weighted by Gasteiger charge is -2.48. The van der Waals surface area contributed by atoms with E-state index in [1.54, 1.807) is 12.1 Å². The molecule has 3 saturated heterocycles. The molecule has 208 valence electrons. The third-order valence-corrected chi connectivity index (χ3v) is 9.81. The summed E-state index contributed by atoms with van der Waals surface area (Å²) in [7, 11) is 0. The highest BCUT2D eigenvalue weighted by molar-refractivity contribution is 5.70. The van der Waals surface area contributed by atoms with Crippen LogP contribution in [0.4, 0.5) is 14.9 Å². The van der Waals surface area contributed by atoms with E-state index in [1.165, 1.54) is 6.07 Å². The minimum Gasteiger partial charge on any atom is -0.448 e. The lowest BCUT2D eigenvalue weighted by atomic mass is 9.59. The molecule has 8 heteroatoms. The van der Waals surface area contributed by atoms with E-state index in [4.69, 9.17) is 10.00 Å². The Labute approximate surface area is 235 Å². The van der Waals surface area contributed by atoms with Crippen molar-refractivity contribution in [2.24, 2.45) is 17.8 Å². The molecule has 4 fully saturated rings. The molecule has 0 aromatic heterocycles. The summed E-state index contributed by atoms with van der Waals surface area (Å²) in [5, 5.41) is 20.0. The van der Waals surface area contributed by atoms with Gasteiger partial charge in [-0.15, -0.1) is 0 Å². The van der Waals surface area contributed by atoms with Crippen molar-refractivity contribution < 1.29 is 13.9 Å². The monoisotopic (exact) mass is 541 g/mol. The first-order chi connectivity index (χ1) is 19.5. The van der Waals surface area contributed by atoms with Crippen molar-refractivity contribution >= 4 is 11.8 Å². The first-order valence-corrected chi connectivity index (χ1v) is 14.6. The van der Waals surface area contributed by atoms with E-state index >= 15 is 0 Å². The number of hydrogen-bond donors (Lipinski definition) is 0. The normalized spacial score (nSPS) is 25.6. The molecule has 3 aliphatic heterocycles. The minimum atomic E-state index is -0.846. The van der Waals surface area contributed by atoms with E-state index in [1.807, 2.05) is 35.2 Å². The second kappa shape index (κ2) is 11.1. The number of carbonyl (C=O) groups excluding carboxylic acids is 1. The number of nitrogens with zero attached hydrogens (tertiary/aromatic N) is 5. The van der Waals surface area contributed by atoms with E-state index in [0.717, 1.165) is 76.1 Å². The topological polar surface area (TPSA) is 83.6 Å². The quantitative estimate of drug-likeness (QED) is 0.495. The fourth-order valence-electron chi connectivity index (χ4n) is 7.87. The van der Waals surface area contributed by atoms with Crippen molar-refractivity contribution in [3.63, 3.8) is 0 Å². The van der Waals surface area contributed by atoms with Crippen molar-refractivity contribution in [1.29, 1.82) is 10.5 Å². The summed E-state index contributed by atoms with van der Waals surface area (Å²) in [6, 6.07) is 19.3. The number of cyclic esters (lactones) is 1. The SMILES string of the molecule is N#Cc1ccc(N2CC(CN3CCC([C@@](C#N)(c4cccc(F)c4)[C@H]4CCC[C@@H]4N4CCOC4=O)CC3)C2)cc1. The van der Waals surface area contributed by atoms with Crippen LogP contribution in [0.2, 0.25) is 0 Å². The maximum absolute atomic E-state index is 14.6. The summed E-state index contributed by atoms with van der Waals surface area (Å²) in [4.78, 5) is 19.3. The minimum absolute atomic E-state index is 0.0471. The van der Waals surface area contributed by atoms with Gasteiger partial charge in [0.1, 0.15) is 12.4 Å². The molecule has 1 saturated carbocycles. The highest BCUT2D eigenvalue weighted by Gasteiger charge is 2.54. The number of amides is 1. The van der Waals surface area contributed by atoms with E-state index < -0.39 is 5.41 Å². The number of piperidine rings is 1. The van der Waals surface area contributed by atoms with Gasteiger partial charge in [-0.3, -0.25) is 0 Å². The number of nitriles is 2. The number of carbonyl (C=O) groups is 1. The average molecular weight is 542 g/mol. The number of rotatable bonds is 7. The predicted octanol–water partition coefficient (Wildman–Crippen LogP) is 4.93. The number of hydrogen-bond acceptors (Lipinski definition) is 6. The summed E-state index contributed by atoms with van der Waals surface area (Å²) < 4.78 is 19.8. The molecule has 0 spiro atoms. The molecular weight excluding hydrogens is 505 g/mol. The van der Waals surface area contributed by atoms with Crippen LogP contribution in [0, 0.1) is 46.2 Å². The van der Waals surface area contributed by atoms with Crippen LogP contribution in [-0.4, -0.2) is 67.8 Å². The van der Waals surface area contributed by atoms with Crippen LogP contribution < -0.4 is 4.90 Å². The maximum Gasteiger partial charge on any atom is 0.410 e. The van der Waals surface area contributed by atoms with Crippen molar-refractivity contribution in [2.45, 2.75) is 43.6 Å². The van der Waals surface area contributed by atoms with Crippen LogP contribution in [0.25, 0.3) is 0 Å². The Hall–Kier alpha value is -3.62. The summed E-state index contributed by atoms with van der Waals surface area (Å²) in [6.45, 7) is 5.83. The molecule has 1 amide bonds. The maximum atomic E-state index is 14.6. The van der Waals surface area contributed by atoms with Crippen LogP contribution in [0.5, 0.6) is 0 Å². The third-order valence-electron chi connectivity index (χ3n) is 9.81. The lowest BCUT2D eigenvalue weighted by Crippen LogP contribution is -2.55. The molecule has 2 aromatic carbocycles. The van der Waals surface area contributed by atoms with Gasteiger partial charge in [-0.2, -0.15) is 10.5 Å². The largest absolute Gasteiger partial charge is 0.448 e. The van der Waals surface area contributed by atoms with Gasteiger partial charge in [0.15, 0.2) is 0 Å². The highest BCUT2D eigenvalue weighted by atomic mass is 19.1. The van der Waals surface area contributed by atoms with E-state index in [2.05, 4.69) is 21.9 Å². The molecule has 0 N–H and O–H groups in total. The fraction of sp³-hybridized carbons (Fsp3) is 0.531. The van der Waals surface area contributed by atoms with Crippen molar-refractivity contribution in [1.82, 2.24) is 9.80 Å². The second-order valence-corrected chi connectivity index (χ2v) is 11.9. The zero-order valence-electron chi connectivity index (χ0n) is 22.8. The van der Waals surface area contributed by atoms with Gasteiger partial charge < -0.3 is 19.4 Å². The molecule has 40 heavy (non-hydrogen) atoms. The molecule has 7 nitrogen and oxygen atoms in total. The fourth-order valence-corrected chi connectivity index (χ4v) is 7.87. The van der Waals surface area contributed by atoms with Gasteiger partial charge in [0.25, 0.3) is 0 Å². The number of ether oxygens (including phenoxy) is 1. The van der Waals surface area contributed by atoms with Crippen molar-refractivity contribution in [3.05, 3.63) is 65.5 Å². The summed E-state index contributed by atoms with van der Waals surface area (Å²) >= 11 is 0. The first-order valence-electron chi connectivity index (χ1n) is 14.6. The average Bonchev–Trinajstić information content (AvgIpc) is 3.61. The van der Waals surface area contributed by atoms with Gasteiger partial charge in [-0.1, -0.05) is 18.6 Å². The highest BCUT2D eigenvalue weighted by Crippen LogP contribution is 2.51. The second-order valence-electron chi connectivity index (χ2n) is 11.9. The number of benzene rings is 2. The van der Waals surface area contributed by atoms with E-state index in [0.29, 0.717) is 24.6 Å². The Bertz CT molecular complexity index is 1310. The summed E-state index contributed by atoms with van der Waals surface area (Å²) in [5.74, 6) is 0.323. The van der Waals surface area contributed by atoms with Crippen LogP contribution in [0.1, 0.15) is 43.2 Å². The van der Waals surface area contributed by atoms with Gasteiger partial charge in [0.05, 0.1) is 29.7 Å². The van der Waals surface area contributed by atoms with Crippen LogP contribution >= 0.6 is 0 Å². The summed E-state index contributed by atoms with van der Waals surface area (Å²) in [6.07, 6.45) is 4.14. The smallest absolute Gasteiger partial charge is 0.410 e. The zero-order chi connectivity index (χ0) is 27.7. The Balaban J connectivity index is 1.15. The van der Waals surface area contributed by atoms with Gasteiger partial charge in [0, 0.05) is 43.2 Å². The molecule has 2 aromatic rings. The number of halogens is 1. The lowest BCUT2D eigenvalue weighted by molar-refractivity contribution is 0.0767. The molecule has 4 aliphatic rings. The standard InChI is InChI=1S/C32H36FN5O2/c33-27-4-1-3-26(17-27)32(22-35,29-5-2-6-30(29)38-15-16-40-31(38)39)25-11-13-36(14-12-25)19-24-20-37(21-24)28-9-7-23(18-34)8-10-28/h1,3-4,7-10,17,24-25,29-30H,2,5-6,11-16,19-21H2/t29-,30-,32-/m0/s1. The molecule has 0 bridgehead atoms. The summed E-state index contributed by atoms with van der Waals surface area (Å²) in [5.41, 5.74) is 1.76. The Morgan fingerprint density at radius 1 is 1.00 bits per heavy atom. The Morgan fingerprint density at radius 2 is 1.77 bits per heavy atom. The molecule has 0 unspecified atom stereocenters. The van der Waals surface area contributed by atoms with Gasteiger partial charge in [-0.25, -0.2) is 9.18 Å². The molecule has 6 rings (SSSR count). The van der Waals surface area contributed by atoms with Crippen LogP contribution in [-0.2, 0) is 10.2 Å². The van der Waals surface area contributed by atoms with Crippen molar-refractivity contribution in [3.8, 4) is 12.1 Å². The van der Waals surface area contributed by atoms with E-state index in [-0.39, 0.29) is 29.8 Å². The third kappa shape index (κ3) is 4.80.